The van der Waals surface area contributed by atoms with Gasteiger partial charge in [0.1, 0.15) is 5.82 Å². The monoisotopic (exact) mass is 494 g/mol. The number of aromatic nitrogens is 2. The van der Waals surface area contributed by atoms with Crippen LogP contribution in [-0.2, 0) is 17.7 Å². The van der Waals surface area contributed by atoms with Gasteiger partial charge < -0.3 is 25.2 Å². The van der Waals surface area contributed by atoms with Crippen molar-refractivity contribution in [1.82, 2.24) is 20.0 Å². The average molecular weight is 495 g/mol. The van der Waals surface area contributed by atoms with Crippen LogP contribution in [0.25, 0.3) is 0 Å². The summed E-state index contributed by atoms with van der Waals surface area (Å²) in [7, 11) is 3.39. The maximum Gasteiger partial charge on any atom is 0.266 e. The molecule has 1 aromatic carbocycles. The molecule has 5 rings (SSSR count). The molecule has 3 amide bonds. The minimum atomic E-state index is -0.314. The van der Waals surface area contributed by atoms with E-state index >= 15 is 0 Å². The molecule has 2 aromatic heterocycles. The van der Waals surface area contributed by atoms with Crippen molar-refractivity contribution in [3.63, 3.8) is 0 Å². The maximum absolute atomic E-state index is 12.8. The Hall–Kier alpha value is -3.70. The standard InChI is InChI=1S/C24H26N6O4S/c1-28-9-7-15-13-16(3-4-17(15)24(28)33)29-10-11-30-21(29)14-20(27-30)26-23(32)19-6-5-18(35-19)22(31)25-8-12-34-2/h3-6,13-14H,7-12H2,1-2H3,(H,25,31)(H,26,27,32). The summed E-state index contributed by atoms with van der Waals surface area (Å²) < 4.78 is 6.79. The molecule has 2 aliphatic rings. The van der Waals surface area contributed by atoms with Crippen molar-refractivity contribution in [3.05, 3.63) is 57.3 Å². The van der Waals surface area contributed by atoms with Gasteiger partial charge in [0.15, 0.2) is 5.82 Å². The van der Waals surface area contributed by atoms with E-state index in [1.54, 1.807) is 24.1 Å². The molecule has 3 aromatic rings. The van der Waals surface area contributed by atoms with Crippen LogP contribution in [0, 0.1) is 0 Å². The first-order valence-corrected chi connectivity index (χ1v) is 12.2. The van der Waals surface area contributed by atoms with Gasteiger partial charge in [-0.2, -0.15) is 5.10 Å². The lowest BCUT2D eigenvalue weighted by molar-refractivity contribution is 0.0780. The van der Waals surface area contributed by atoms with E-state index in [4.69, 9.17) is 4.74 Å². The van der Waals surface area contributed by atoms with Gasteiger partial charge in [-0.05, 0) is 42.3 Å². The molecule has 0 saturated heterocycles. The van der Waals surface area contributed by atoms with Gasteiger partial charge in [0.05, 0.1) is 22.9 Å². The molecule has 4 heterocycles. The largest absolute Gasteiger partial charge is 0.383 e. The molecular formula is C24H26N6O4S. The third-order valence-corrected chi connectivity index (χ3v) is 7.23. The quantitative estimate of drug-likeness (QED) is 0.488. The van der Waals surface area contributed by atoms with Crippen molar-refractivity contribution < 1.29 is 19.1 Å². The molecule has 0 radical (unpaired) electrons. The van der Waals surface area contributed by atoms with Crippen LogP contribution in [0.3, 0.4) is 0 Å². The molecule has 0 aliphatic carbocycles. The van der Waals surface area contributed by atoms with Gasteiger partial charge in [0, 0.05) is 51.1 Å². The van der Waals surface area contributed by atoms with Gasteiger partial charge in [0.25, 0.3) is 17.7 Å². The van der Waals surface area contributed by atoms with Crippen LogP contribution in [0.5, 0.6) is 0 Å². The first-order valence-electron chi connectivity index (χ1n) is 11.4. The Bertz CT molecular complexity index is 1300. The summed E-state index contributed by atoms with van der Waals surface area (Å²) in [4.78, 5) is 42.1. The van der Waals surface area contributed by atoms with Crippen LogP contribution in [0.2, 0.25) is 0 Å². The fourth-order valence-electron chi connectivity index (χ4n) is 4.29. The van der Waals surface area contributed by atoms with E-state index < -0.39 is 0 Å². The molecule has 0 atom stereocenters. The molecule has 11 heteroatoms. The number of likely N-dealkylation sites (N-methyl/N-ethyl adjacent to an activating group) is 1. The summed E-state index contributed by atoms with van der Waals surface area (Å²) in [6, 6.07) is 11.0. The number of hydrogen-bond acceptors (Lipinski definition) is 7. The Morgan fingerprint density at radius 3 is 2.69 bits per heavy atom. The van der Waals surface area contributed by atoms with Gasteiger partial charge in [-0.25, -0.2) is 4.68 Å². The zero-order chi connectivity index (χ0) is 24.5. The molecule has 0 bridgehead atoms. The molecule has 0 fully saturated rings. The zero-order valence-corrected chi connectivity index (χ0v) is 20.4. The summed E-state index contributed by atoms with van der Waals surface area (Å²) in [5.41, 5.74) is 2.81. The minimum absolute atomic E-state index is 0.0541. The summed E-state index contributed by atoms with van der Waals surface area (Å²) in [6.45, 7) is 2.99. The number of carbonyl (C=O) groups is 3. The van der Waals surface area contributed by atoms with Crippen molar-refractivity contribution >= 4 is 46.4 Å². The van der Waals surface area contributed by atoms with Crippen LogP contribution >= 0.6 is 11.3 Å². The topological polar surface area (TPSA) is 109 Å². The van der Waals surface area contributed by atoms with E-state index in [9.17, 15) is 14.4 Å². The summed E-state index contributed by atoms with van der Waals surface area (Å²) in [6.07, 6.45) is 0.826. The van der Waals surface area contributed by atoms with E-state index in [0.29, 0.717) is 41.8 Å². The molecule has 0 saturated carbocycles. The van der Waals surface area contributed by atoms with E-state index in [2.05, 4.69) is 26.7 Å². The molecule has 0 spiro atoms. The number of fused-ring (bicyclic) bond motifs is 2. The highest BCUT2D eigenvalue weighted by Gasteiger charge is 2.27. The summed E-state index contributed by atoms with van der Waals surface area (Å²) in [5, 5.41) is 10.1. The highest BCUT2D eigenvalue weighted by Crippen LogP contribution is 2.34. The Balaban J connectivity index is 1.28. The predicted molar refractivity (Wildman–Crippen MR) is 133 cm³/mol. The molecular weight excluding hydrogens is 468 g/mol. The number of benzene rings is 1. The third-order valence-electron chi connectivity index (χ3n) is 6.15. The number of anilines is 3. The highest BCUT2D eigenvalue weighted by molar-refractivity contribution is 7.16. The van der Waals surface area contributed by atoms with Crippen LogP contribution in [0.4, 0.5) is 17.3 Å². The van der Waals surface area contributed by atoms with Crippen LogP contribution < -0.4 is 15.5 Å². The fraction of sp³-hybridized carbons (Fsp3) is 0.333. The zero-order valence-electron chi connectivity index (χ0n) is 19.5. The summed E-state index contributed by atoms with van der Waals surface area (Å²) in [5.74, 6) is 0.832. The van der Waals surface area contributed by atoms with Crippen molar-refractivity contribution in [2.24, 2.45) is 0 Å². The van der Waals surface area contributed by atoms with E-state index in [1.807, 2.05) is 29.9 Å². The van der Waals surface area contributed by atoms with Gasteiger partial charge >= 0.3 is 0 Å². The normalized spacial score (nSPS) is 14.6. The number of amides is 3. The fourth-order valence-corrected chi connectivity index (χ4v) is 5.11. The van der Waals surface area contributed by atoms with Crippen molar-refractivity contribution in [1.29, 1.82) is 0 Å². The van der Waals surface area contributed by atoms with E-state index in [1.165, 1.54) is 0 Å². The number of hydrogen-bond donors (Lipinski definition) is 2. The minimum Gasteiger partial charge on any atom is -0.383 e. The second kappa shape index (κ2) is 9.51. The van der Waals surface area contributed by atoms with Gasteiger partial charge in [0.2, 0.25) is 0 Å². The second-order valence-corrected chi connectivity index (χ2v) is 9.53. The number of carbonyl (C=O) groups excluding carboxylic acids is 3. The van der Waals surface area contributed by atoms with Crippen LogP contribution in [0.15, 0.2) is 36.4 Å². The van der Waals surface area contributed by atoms with Crippen LogP contribution in [-0.4, -0.2) is 72.8 Å². The Labute approximate surface area is 206 Å². The number of rotatable bonds is 7. The van der Waals surface area contributed by atoms with Crippen LogP contribution in [0.1, 0.15) is 35.3 Å². The molecule has 35 heavy (non-hydrogen) atoms. The lowest BCUT2D eigenvalue weighted by atomic mass is 9.98. The van der Waals surface area contributed by atoms with Gasteiger partial charge in [-0.15, -0.1) is 11.3 Å². The maximum atomic E-state index is 12.8. The van der Waals surface area contributed by atoms with Crippen molar-refractivity contribution in [2.45, 2.75) is 13.0 Å². The first-order chi connectivity index (χ1) is 16.9. The number of methoxy groups -OCH3 is 1. The number of ether oxygens (including phenoxy) is 1. The number of nitrogens with zero attached hydrogens (tertiary/aromatic N) is 4. The Morgan fingerprint density at radius 2 is 1.89 bits per heavy atom. The molecule has 0 unspecified atom stereocenters. The van der Waals surface area contributed by atoms with Gasteiger partial charge in [-0.3, -0.25) is 14.4 Å². The molecule has 2 N–H and O–H groups in total. The SMILES string of the molecule is COCCNC(=O)c1ccc(C(=O)Nc2cc3n(n2)CCN3c2ccc3c(c2)CCN(C)C3=O)s1. The lowest BCUT2D eigenvalue weighted by Gasteiger charge is -2.26. The third kappa shape index (κ3) is 4.52. The van der Waals surface area contributed by atoms with Crippen molar-refractivity contribution in [3.8, 4) is 0 Å². The molecule has 2 aliphatic heterocycles. The van der Waals surface area contributed by atoms with E-state index in [-0.39, 0.29) is 17.7 Å². The average Bonchev–Trinajstić information content (AvgIpc) is 3.57. The second-order valence-electron chi connectivity index (χ2n) is 8.45. The summed E-state index contributed by atoms with van der Waals surface area (Å²) >= 11 is 1.13. The lowest BCUT2D eigenvalue weighted by Crippen LogP contribution is -2.34. The van der Waals surface area contributed by atoms with Gasteiger partial charge in [-0.1, -0.05) is 0 Å². The first kappa shape index (κ1) is 23.1. The molecule has 182 valence electrons. The Kier molecular flexibility index (Phi) is 6.27. The van der Waals surface area contributed by atoms with Crippen molar-refractivity contribution in [2.75, 3.05) is 50.6 Å². The molecule has 10 nitrogen and oxygen atoms in total. The Morgan fingerprint density at radius 1 is 1.09 bits per heavy atom. The predicted octanol–water partition coefficient (Wildman–Crippen LogP) is 2.35. The number of thiophene rings is 1. The van der Waals surface area contributed by atoms with E-state index in [0.717, 1.165) is 46.9 Å². The number of nitrogens with one attached hydrogen (secondary N) is 2. The smallest absolute Gasteiger partial charge is 0.266 e. The highest BCUT2D eigenvalue weighted by atomic mass is 32.1.